The fourth-order valence-electron chi connectivity index (χ4n) is 3.04. The zero-order chi connectivity index (χ0) is 17.3. The van der Waals surface area contributed by atoms with Gasteiger partial charge in [-0.05, 0) is 43.7 Å². The van der Waals surface area contributed by atoms with E-state index >= 15 is 0 Å². The van der Waals surface area contributed by atoms with E-state index < -0.39 is 32.9 Å². The Labute approximate surface area is 139 Å². The summed E-state index contributed by atoms with van der Waals surface area (Å²) in [5.74, 6) is -1.59. The Morgan fingerprint density at radius 3 is 2.58 bits per heavy atom. The molecule has 8 nitrogen and oxygen atoms in total. The third-order valence-corrected chi connectivity index (χ3v) is 6.43. The van der Waals surface area contributed by atoms with Gasteiger partial charge in [0.2, 0.25) is 16.8 Å². The minimum Gasteiger partial charge on any atom is -0.475 e. The number of rotatable bonds is 6. The van der Waals surface area contributed by atoms with Crippen molar-refractivity contribution in [2.75, 3.05) is 13.1 Å². The molecule has 24 heavy (non-hydrogen) atoms. The second-order valence-corrected chi connectivity index (χ2v) is 8.06. The predicted octanol–water partition coefficient (Wildman–Crippen LogP) is 1.05. The number of aromatic carboxylic acids is 1. The molecule has 0 aromatic carbocycles. The minimum absolute atomic E-state index is 0.215. The Morgan fingerprint density at radius 2 is 2.00 bits per heavy atom. The Kier molecular flexibility index (Phi) is 4.64. The van der Waals surface area contributed by atoms with Crippen molar-refractivity contribution in [3.05, 3.63) is 17.9 Å². The van der Waals surface area contributed by atoms with Crippen LogP contribution in [0, 0.1) is 5.92 Å². The van der Waals surface area contributed by atoms with E-state index in [0.29, 0.717) is 25.3 Å². The molecule has 1 aliphatic carbocycles. The number of furan rings is 1. The molecule has 0 spiro atoms. The molecule has 1 aromatic heterocycles. The van der Waals surface area contributed by atoms with Crippen molar-refractivity contribution in [2.45, 2.75) is 43.2 Å². The van der Waals surface area contributed by atoms with Crippen molar-refractivity contribution in [3.8, 4) is 0 Å². The molecule has 3 rings (SSSR count). The van der Waals surface area contributed by atoms with Crippen LogP contribution in [0.25, 0.3) is 0 Å². The van der Waals surface area contributed by atoms with Gasteiger partial charge in [-0.2, -0.15) is 4.31 Å². The number of carbonyl (C=O) groups excluding carboxylic acids is 1. The first kappa shape index (κ1) is 17.0. The first-order valence-corrected chi connectivity index (χ1v) is 9.46. The van der Waals surface area contributed by atoms with E-state index in [1.807, 2.05) is 0 Å². The summed E-state index contributed by atoms with van der Waals surface area (Å²) in [5.41, 5.74) is 0. The van der Waals surface area contributed by atoms with Gasteiger partial charge in [0, 0.05) is 13.1 Å². The molecule has 0 radical (unpaired) electrons. The smallest absolute Gasteiger partial charge is 0.371 e. The van der Waals surface area contributed by atoms with E-state index in [9.17, 15) is 18.0 Å². The lowest BCUT2D eigenvalue weighted by Crippen LogP contribution is -2.47. The first-order chi connectivity index (χ1) is 11.4. The Balaban J connectivity index is 1.72. The van der Waals surface area contributed by atoms with E-state index in [2.05, 4.69) is 5.32 Å². The second kappa shape index (κ2) is 6.56. The molecular formula is C15H20N2O6S. The van der Waals surface area contributed by atoms with Gasteiger partial charge in [0.05, 0.1) is 0 Å². The average Bonchev–Trinajstić information content (AvgIpc) is 3.15. The maximum Gasteiger partial charge on any atom is 0.371 e. The number of hydrogen-bond acceptors (Lipinski definition) is 5. The maximum absolute atomic E-state index is 12.6. The topological polar surface area (TPSA) is 117 Å². The zero-order valence-corrected chi connectivity index (χ0v) is 13.9. The lowest BCUT2D eigenvalue weighted by molar-refractivity contribution is -0.124. The van der Waals surface area contributed by atoms with Gasteiger partial charge in [-0.15, -0.1) is 0 Å². The molecule has 2 heterocycles. The molecule has 1 saturated carbocycles. The maximum atomic E-state index is 12.6. The van der Waals surface area contributed by atoms with Gasteiger partial charge in [0.1, 0.15) is 6.04 Å². The Morgan fingerprint density at radius 1 is 1.25 bits per heavy atom. The van der Waals surface area contributed by atoms with E-state index in [1.165, 1.54) is 6.42 Å². The van der Waals surface area contributed by atoms with Crippen LogP contribution < -0.4 is 5.32 Å². The standard InChI is InChI=1S/C15H20N2O6S/c18-14(16-9-10-3-1-4-10)11-5-2-8-17(11)24(21,22)13-7-6-12(23-13)15(19)20/h6-7,10-11H,1-5,8-9H2,(H,16,18)(H,19,20). The highest BCUT2D eigenvalue weighted by Crippen LogP contribution is 2.28. The van der Waals surface area contributed by atoms with Crippen LogP contribution in [0.15, 0.2) is 21.6 Å². The highest BCUT2D eigenvalue weighted by molar-refractivity contribution is 7.89. The van der Waals surface area contributed by atoms with E-state index in [0.717, 1.165) is 29.3 Å². The molecular weight excluding hydrogens is 336 g/mol. The van der Waals surface area contributed by atoms with Crippen LogP contribution in [-0.2, 0) is 14.8 Å². The summed E-state index contributed by atoms with van der Waals surface area (Å²) in [6, 6.07) is 1.44. The van der Waals surface area contributed by atoms with Gasteiger partial charge in [-0.1, -0.05) is 6.42 Å². The molecule has 132 valence electrons. The fourth-order valence-corrected chi connectivity index (χ4v) is 4.61. The molecule has 2 N–H and O–H groups in total. The quantitative estimate of drug-likeness (QED) is 0.787. The molecule has 0 bridgehead atoms. The zero-order valence-electron chi connectivity index (χ0n) is 13.1. The Hall–Kier alpha value is -1.87. The number of carboxylic acids is 1. The van der Waals surface area contributed by atoms with Gasteiger partial charge in [0.25, 0.3) is 10.0 Å². The second-order valence-electron chi connectivity index (χ2n) is 6.24. The highest BCUT2D eigenvalue weighted by Gasteiger charge is 2.41. The van der Waals surface area contributed by atoms with Crippen molar-refractivity contribution in [2.24, 2.45) is 5.92 Å². The predicted molar refractivity (Wildman–Crippen MR) is 82.9 cm³/mol. The minimum atomic E-state index is -4.03. The first-order valence-electron chi connectivity index (χ1n) is 8.02. The number of carbonyl (C=O) groups is 2. The molecule has 1 aromatic rings. The van der Waals surface area contributed by atoms with Crippen LogP contribution in [-0.4, -0.2) is 48.8 Å². The molecule has 1 amide bonds. The van der Waals surface area contributed by atoms with Crippen LogP contribution in [0.4, 0.5) is 0 Å². The lowest BCUT2D eigenvalue weighted by atomic mass is 9.85. The van der Waals surface area contributed by atoms with Crippen molar-refractivity contribution in [1.29, 1.82) is 0 Å². The van der Waals surface area contributed by atoms with Crippen LogP contribution >= 0.6 is 0 Å². The highest BCUT2D eigenvalue weighted by atomic mass is 32.2. The summed E-state index contributed by atoms with van der Waals surface area (Å²) >= 11 is 0. The van der Waals surface area contributed by atoms with Crippen molar-refractivity contribution >= 4 is 21.9 Å². The summed E-state index contributed by atoms with van der Waals surface area (Å²) in [5, 5.41) is 11.2. The van der Waals surface area contributed by atoms with E-state index in [4.69, 9.17) is 9.52 Å². The van der Waals surface area contributed by atoms with Crippen molar-refractivity contribution < 1.29 is 27.5 Å². The molecule has 9 heteroatoms. The molecule has 2 fully saturated rings. The molecule has 1 unspecified atom stereocenters. The number of hydrogen-bond donors (Lipinski definition) is 2. The SMILES string of the molecule is O=C(O)c1ccc(S(=O)(=O)N2CCCC2C(=O)NCC2CCC2)o1. The summed E-state index contributed by atoms with van der Waals surface area (Å²) in [4.78, 5) is 23.2. The van der Waals surface area contributed by atoms with Crippen LogP contribution in [0.2, 0.25) is 0 Å². The monoisotopic (exact) mass is 356 g/mol. The molecule has 1 atom stereocenters. The summed E-state index contributed by atoms with van der Waals surface area (Å²) in [6.45, 7) is 0.792. The normalized spacial score (nSPS) is 22.2. The third-order valence-electron chi connectivity index (χ3n) is 4.65. The lowest BCUT2D eigenvalue weighted by Gasteiger charge is -2.27. The van der Waals surface area contributed by atoms with Crippen LogP contribution in [0.5, 0.6) is 0 Å². The van der Waals surface area contributed by atoms with Crippen molar-refractivity contribution in [1.82, 2.24) is 9.62 Å². The molecule has 2 aliphatic rings. The van der Waals surface area contributed by atoms with Gasteiger partial charge in [-0.3, -0.25) is 4.79 Å². The average molecular weight is 356 g/mol. The number of nitrogens with one attached hydrogen (secondary N) is 1. The third kappa shape index (κ3) is 3.18. The number of carboxylic acid groups (broad SMARTS) is 1. The summed E-state index contributed by atoms with van der Waals surface area (Å²) in [7, 11) is -4.03. The van der Waals surface area contributed by atoms with Crippen LogP contribution in [0.3, 0.4) is 0 Å². The van der Waals surface area contributed by atoms with Gasteiger partial charge in [0.15, 0.2) is 0 Å². The van der Waals surface area contributed by atoms with Gasteiger partial charge in [-0.25, -0.2) is 13.2 Å². The number of amides is 1. The summed E-state index contributed by atoms with van der Waals surface area (Å²) < 4.78 is 31.3. The van der Waals surface area contributed by atoms with E-state index in [1.54, 1.807) is 0 Å². The number of sulfonamides is 1. The Bertz CT molecular complexity index is 737. The van der Waals surface area contributed by atoms with E-state index in [-0.39, 0.29) is 12.5 Å². The number of nitrogens with zero attached hydrogens (tertiary/aromatic N) is 1. The van der Waals surface area contributed by atoms with Crippen LogP contribution in [0.1, 0.15) is 42.7 Å². The fraction of sp³-hybridized carbons (Fsp3) is 0.600. The van der Waals surface area contributed by atoms with Gasteiger partial charge >= 0.3 is 5.97 Å². The molecule has 1 saturated heterocycles. The van der Waals surface area contributed by atoms with Crippen molar-refractivity contribution in [3.63, 3.8) is 0 Å². The largest absolute Gasteiger partial charge is 0.475 e. The summed E-state index contributed by atoms with van der Waals surface area (Å²) in [6.07, 6.45) is 4.39. The molecule has 1 aliphatic heterocycles. The van der Waals surface area contributed by atoms with Gasteiger partial charge < -0.3 is 14.8 Å².